The molecule has 3 nitrogen and oxygen atoms in total. The summed E-state index contributed by atoms with van der Waals surface area (Å²) in [4.78, 5) is 4.17. The third kappa shape index (κ3) is 3.35. The zero-order chi connectivity index (χ0) is 10.3. The van der Waals surface area contributed by atoms with Crippen molar-refractivity contribution in [1.29, 1.82) is 0 Å². The first-order valence-corrected chi connectivity index (χ1v) is 5.67. The third-order valence-corrected chi connectivity index (χ3v) is 2.67. The van der Waals surface area contributed by atoms with E-state index in [0.717, 1.165) is 18.7 Å². The van der Waals surface area contributed by atoms with Crippen molar-refractivity contribution in [2.24, 2.45) is 5.10 Å². The predicted molar refractivity (Wildman–Crippen MR) is 63.0 cm³/mol. The van der Waals surface area contributed by atoms with E-state index in [1.54, 1.807) is 6.20 Å². The summed E-state index contributed by atoms with van der Waals surface area (Å²) >= 11 is 0. The zero-order valence-corrected chi connectivity index (χ0v) is 8.95. The first-order chi connectivity index (χ1) is 7.45. The van der Waals surface area contributed by atoms with E-state index in [1.165, 1.54) is 31.4 Å². The number of aromatic nitrogens is 1. The lowest BCUT2D eigenvalue weighted by molar-refractivity contribution is 0.702. The van der Waals surface area contributed by atoms with Crippen LogP contribution < -0.4 is 5.43 Å². The molecule has 0 unspecified atom stereocenters. The average molecular weight is 203 g/mol. The minimum Gasteiger partial charge on any atom is -0.261 e. The lowest BCUT2D eigenvalue weighted by atomic mass is 10.2. The monoisotopic (exact) mass is 203 g/mol. The van der Waals surface area contributed by atoms with Gasteiger partial charge >= 0.3 is 0 Å². The van der Waals surface area contributed by atoms with Crippen molar-refractivity contribution in [3.63, 3.8) is 0 Å². The number of nitrogens with zero attached hydrogens (tertiary/aromatic N) is 2. The van der Waals surface area contributed by atoms with Crippen LogP contribution in [0.2, 0.25) is 0 Å². The van der Waals surface area contributed by atoms with Gasteiger partial charge in [-0.1, -0.05) is 18.9 Å². The Labute approximate surface area is 90.6 Å². The van der Waals surface area contributed by atoms with E-state index in [0.29, 0.717) is 0 Å². The number of hydrazone groups is 1. The van der Waals surface area contributed by atoms with E-state index >= 15 is 0 Å². The van der Waals surface area contributed by atoms with Crippen LogP contribution in [0.25, 0.3) is 0 Å². The fourth-order valence-electron chi connectivity index (χ4n) is 1.81. The van der Waals surface area contributed by atoms with Crippen molar-refractivity contribution in [3.8, 4) is 0 Å². The van der Waals surface area contributed by atoms with Gasteiger partial charge in [-0.3, -0.25) is 5.43 Å². The van der Waals surface area contributed by atoms with Gasteiger partial charge in [-0.15, -0.1) is 0 Å². The molecule has 1 fully saturated rings. The molecule has 1 aliphatic rings. The number of rotatable bonds is 2. The summed E-state index contributed by atoms with van der Waals surface area (Å²) in [6.45, 7) is 0. The lowest BCUT2D eigenvalue weighted by Crippen LogP contribution is -2.01. The van der Waals surface area contributed by atoms with Crippen molar-refractivity contribution in [3.05, 3.63) is 24.4 Å². The number of hydrogen-bond acceptors (Lipinski definition) is 3. The maximum Gasteiger partial charge on any atom is 0.146 e. The standard InChI is InChI=1S/C12H17N3/c1-2-4-8-11(7-3-1)14-15-12-9-5-6-10-13-12/h5-6,9-10H,1-4,7-8H2,(H,13,15). The Morgan fingerprint density at radius 1 is 1.07 bits per heavy atom. The first kappa shape index (κ1) is 10.1. The van der Waals surface area contributed by atoms with Crippen LogP contribution in [0.4, 0.5) is 5.82 Å². The molecule has 0 atom stereocenters. The number of pyridine rings is 1. The fourth-order valence-corrected chi connectivity index (χ4v) is 1.81. The SMILES string of the molecule is c1ccc(NN=C2CCCCCC2)nc1. The largest absolute Gasteiger partial charge is 0.261 e. The summed E-state index contributed by atoms with van der Waals surface area (Å²) in [5.74, 6) is 0.828. The highest BCUT2D eigenvalue weighted by Gasteiger charge is 2.05. The second kappa shape index (κ2) is 5.49. The van der Waals surface area contributed by atoms with E-state index < -0.39 is 0 Å². The molecule has 0 amide bonds. The summed E-state index contributed by atoms with van der Waals surface area (Å²) in [5.41, 5.74) is 4.31. The van der Waals surface area contributed by atoms with Crippen molar-refractivity contribution < 1.29 is 0 Å². The van der Waals surface area contributed by atoms with Gasteiger partial charge in [0.15, 0.2) is 0 Å². The van der Waals surface area contributed by atoms with Crippen LogP contribution in [0, 0.1) is 0 Å². The minimum absolute atomic E-state index is 0.828. The van der Waals surface area contributed by atoms with Gasteiger partial charge in [0.25, 0.3) is 0 Å². The van der Waals surface area contributed by atoms with Crippen molar-refractivity contribution in [2.45, 2.75) is 38.5 Å². The van der Waals surface area contributed by atoms with Gasteiger partial charge in [0.1, 0.15) is 5.82 Å². The molecule has 1 aromatic heterocycles. The Kier molecular flexibility index (Phi) is 3.71. The summed E-state index contributed by atoms with van der Waals surface area (Å²) in [7, 11) is 0. The van der Waals surface area contributed by atoms with Crippen LogP contribution in [0.5, 0.6) is 0 Å². The Balaban J connectivity index is 1.92. The number of nitrogens with one attached hydrogen (secondary N) is 1. The Bertz CT molecular complexity index is 309. The van der Waals surface area contributed by atoms with E-state index in [-0.39, 0.29) is 0 Å². The topological polar surface area (TPSA) is 37.3 Å². The van der Waals surface area contributed by atoms with Crippen LogP contribution in [-0.4, -0.2) is 10.7 Å². The molecule has 1 heterocycles. The highest BCUT2D eigenvalue weighted by Crippen LogP contribution is 2.15. The molecule has 2 rings (SSSR count). The molecule has 0 bridgehead atoms. The predicted octanol–water partition coefficient (Wildman–Crippen LogP) is 3.20. The molecule has 0 aliphatic heterocycles. The molecular weight excluding hydrogens is 186 g/mol. The molecule has 3 heteroatoms. The molecule has 1 aliphatic carbocycles. The minimum atomic E-state index is 0.828. The smallest absolute Gasteiger partial charge is 0.146 e. The quantitative estimate of drug-likeness (QED) is 0.592. The van der Waals surface area contributed by atoms with Gasteiger partial charge in [-0.05, 0) is 37.8 Å². The molecule has 0 spiro atoms. The molecular formula is C12H17N3. The first-order valence-electron chi connectivity index (χ1n) is 5.67. The Morgan fingerprint density at radius 2 is 1.87 bits per heavy atom. The lowest BCUT2D eigenvalue weighted by Gasteiger charge is -2.02. The van der Waals surface area contributed by atoms with Gasteiger partial charge in [-0.2, -0.15) is 5.10 Å². The van der Waals surface area contributed by atoms with Crippen molar-refractivity contribution in [1.82, 2.24) is 4.98 Å². The molecule has 0 radical (unpaired) electrons. The van der Waals surface area contributed by atoms with Gasteiger partial charge in [0.05, 0.1) is 0 Å². The molecule has 0 saturated heterocycles. The number of anilines is 1. The fraction of sp³-hybridized carbons (Fsp3) is 0.500. The van der Waals surface area contributed by atoms with Gasteiger partial charge in [0, 0.05) is 11.9 Å². The Morgan fingerprint density at radius 3 is 2.53 bits per heavy atom. The summed E-state index contributed by atoms with van der Waals surface area (Å²) in [5, 5.41) is 4.42. The van der Waals surface area contributed by atoms with Crippen LogP contribution in [0.15, 0.2) is 29.5 Å². The maximum absolute atomic E-state index is 4.42. The third-order valence-electron chi connectivity index (χ3n) is 2.67. The Hall–Kier alpha value is -1.38. The van der Waals surface area contributed by atoms with Gasteiger partial charge in [-0.25, -0.2) is 4.98 Å². The highest BCUT2D eigenvalue weighted by atomic mass is 15.3. The molecule has 0 aromatic carbocycles. The second-order valence-electron chi connectivity index (χ2n) is 3.92. The van der Waals surface area contributed by atoms with E-state index in [9.17, 15) is 0 Å². The van der Waals surface area contributed by atoms with Crippen LogP contribution >= 0.6 is 0 Å². The normalized spacial score (nSPS) is 16.9. The van der Waals surface area contributed by atoms with E-state index in [1.807, 2.05) is 18.2 Å². The van der Waals surface area contributed by atoms with Crippen LogP contribution in [0.3, 0.4) is 0 Å². The average Bonchev–Trinajstić information content (AvgIpc) is 2.56. The van der Waals surface area contributed by atoms with E-state index in [4.69, 9.17) is 0 Å². The van der Waals surface area contributed by atoms with Crippen molar-refractivity contribution >= 4 is 11.5 Å². The molecule has 80 valence electrons. The van der Waals surface area contributed by atoms with Gasteiger partial charge < -0.3 is 0 Å². The maximum atomic E-state index is 4.42. The summed E-state index contributed by atoms with van der Waals surface area (Å²) < 4.78 is 0. The molecule has 1 aromatic rings. The second-order valence-corrected chi connectivity index (χ2v) is 3.92. The number of hydrogen-bond donors (Lipinski definition) is 1. The molecule has 1 N–H and O–H groups in total. The van der Waals surface area contributed by atoms with Crippen LogP contribution in [-0.2, 0) is 0 Å². The van der Waals surface area contributed by atoms with Crippen LogP contribution in [0.1, 0.15) is 38.5 Å². The summed E-state index contributed by atoms with van der Waals surface area (Å²) in [6.07, 6.45) is 9.31. The summed E-state index contributed by atoms with van der Waals surface area (Å²) in [6, 6.07) is 5.80. The molecule has 1 saturated carbocycles. The zero-order valence-electron chi connectivity index (χ0n) is 8.95. The molecule has 15 heavy (non-hydrogen) atoms. The van der Waals surface area contributed by atoms with E-state index in [2.05, 4.69) is 15.5 Å². The highest BCUT2D eigenvalue weighted by molar-refractivity contribution is 5.85. The van der Waals surface area contributed by atoms with Gasteiger partial charge in [0.2, 0.25) is 0 Å². The van der Waals surface area contributed by atoms with Crippen molar-refractivity contribution in [2.75, 3.05) is 5.43 Å².